The third-order valence-electron chi connectivity index (χ3n) is 1.38. The zero-order valence-corrected chi connectivity index (χ0v) is 6.79. The Hall–Kier alpha value is -1.71. The van der Waals surface area contributed by atoms with Crippen LogP contribution in [0.4, 0.5) is 10.5 Å². The number of nitrogens with one attached hydrogen (secondary N) is 2. The largest absolute Gasteiger partial charge is 0.350 e. The molecule has 1 aromatic rings. The van der Waals surface area contributed by atoms with Crippen LogP contribution in [0.5, 0.6) is 0 Å². The van der Waals surface area contributed by atoms with E-state index in [9.17, 15) is 4.79 Å². The number of primary amides is 1. The molecule has 2 amide bonds. The van der Waals surface area contributed by atoms with Gasteiger partial charge in [-0.1, -0.05) is 17.7 Å². The van der Waals surface area contributed by atoms with Crippen molar-refractivity contribution in [1.82, 2.24) is 5.43 Å². The van der Waals surface area contributed by atoms with E-state index in [2.05, 4.69) is 10.9 Å². The molecule has 4 heteroatoms. The summed E-state index contributed by atoms with van der Waals surface area (Å²) in [7, 11) is 0. The quantitative estimate of drug-likeness (QED) is 0.572. The van der Waals surface area contributed by atoms with E-state index in [0.29, 0.717) is 0 Å². The zero-order chi connectivity index (χ0) is 8.97. The lowest BCUT2D eigenvalue weighted by Gasteiger charge is -2.05. The van der Waals surface area contributed by atoms with Gasteiger partial charge in [-0.2, -0.15) is 0 Å². The standard InChI is InChI=1S/C8H11N3O/c1-6-2-4-7(5-3-6)10-11-8(9)12/h2-5,10H,1H3,(H3,9,11,12). The molecule has 0 bridgehead atoms. The average molecular weight is 165 g/mol. The predicted molar refractivity (Wildman–Crippen MR) is 47.5 cm³/mol. The maximum atomic E-state index is 10.3. The molecular weight excluding hydrogens is 154 g/mol. The van der Waals surface area contributed by atoms with E-state index in [1.807, 2.05) is 31.2 Å². The Morgan fingerprint density at radius 3 is 2.42 bits per heavy atom. The minimum atomic E-state index is -0.601. The minimum absolute atomic E-state index is 0.601. The number of carbonyl (C=O) groups excluding carboxylic acids is 1. The SMILES string of the molecule is Cc1ccc(NNC(N)=O)cc1. The van der Waals surface area contributed by atoms with Crippen molar-refractivity contribution in [3.05, 3.63) is 29.8 Å². The van der Waals surface area contributed by atoms with E-state index in [1.165, 1.54) is 5.56 Å². The summed E-state index contributed by atoms with van der Waals surface area (Å²) in [5, 5.41) is 0. The fourth-order valence-corrected chi connectivity index (χ4v) is 0.771. The molecule has 0 saturated heterocycles. The number of hydrogen-bond donors (Lipinski definition) is 3. The summed E-state index contributed by atoms with van der Waals surface area (Å²) in [6, 6.07) is 6.97. The second-order valence-corrected chi connectivity index (χ2v) is 2.48. The van der Waals surface area contributed by atoms with E-state index in [-0.39, 0.29) is 0 Å². The fraction of sp³-hybridized carbons (Fsp3) is 0.125. The second kappa shape index (κ2) is 3.61. The van der Waals surface area contributed by atoms with Crippen LogP contribution in [0.15, 0.2) is 24.3 Å². The fourth-order valence-electron chi connectivity index (χ4n) is 0.771. The van der Waals surface area contributed by atoms with E-state index in [1.54, 1.807) is 0 Å². The van der Waals surface area contributed by atoms with Crippen LogP contribution in [0.25, 0.3) is 0 Å². The lowest BCUT2D eigenvalue weighted by Crippen LogP contribution is -2.34. The summed E-state index contributed by atoms with van der Waals surface area (Å²) in [4.78, 5) is 10.3. The van der Waals surface area contributed by atoms with Crippen LogP contribution in [0, 0.1) is 6.92 Å². The van der Waals surface area contributed by atoms with Crippen LogP contribution < -0.4 is 16.6 Å². The van der Waals surface area contributed by atoms with Crippen molar-refractivity contribution in [2.45, 2.75) is 6.92 Å². The molecular formula is C8H11N3O. The molecule has 0 aliphatic rings. The predicted octanol–water partition coefficient (Wildman–Crippen LogP) is 0.990. The monoisotopic (exact) mass is 165 g/mol. The number of anilines is 1. The highest BCUT2D eigenvalue weighted by atomic mass is 16.2. The van der Waals surface area contributed by atoms with Gasteiger partial charge >= 0.3 is 6.03 Å². The molecule has 0 aliphatic carbocycles. The highest BCUT2D eigenvalue weighted by Gasteiger charge is 1.91. The van der Waals surface area contributed by atoms with E-state index < -0.39 is 6.03 Å². The molecule has 0 atom stereocenters. The summed E-state index contributed by atoms with van der Waals surface area (Å²) >= 11 is 0. The summed E-state index contributed by atoms with van der Waals surface area (Å²) in [6.07, 6.45) is 0. The Labute approximate surface area is 70.7 Å². The second-order valence-electron chi connectivity index (χ2n) is 2.48. The molecule has 0 heterocycles. The van der Waals surface area contributed by atoms with Gasteiger partial charge in [0, 0.05) is 0 Å². The number of hydrazine groups is 1. The number of amides is 2. The Bertz CT molecular complexity index is 268. The molecule has 0 saturated carbocycles. The number of aryl methyl sites for hydroxylation is 1. The molecule has 0 unspecified atom stereocenters. The molecule has 0 radical (unpaired) electrons. The van der Waals surface area contributed by atoms with Crippen LogP contribution in [-0.4, -0.2) is 6.03 Å². The Morgan fingerprint density at radius 2 is 1.92 bits per heavy atom. The Kier molecular flexibility index (Phi) is 2.53. The van der Waals surface area contributed by atoms with Gasteiger partial charge in [0.1, 0.15) is 0 Å². The van der Waals surface area contributed by atoms with Gasteiger partial charge in [0.15, 0.2) is 0 Å². The third kappa shape index (κ3) is 2.49. The summed E-state index contributed by atoms with van der Waals surface area (Å²) < 4.78 is 0. The minimum Gasteiger partial charge on any atom is -0.350 e. The van der Waals surface area contributed by atoms with Crippen LogP contribution in [0.3, 0.4) is 0 Å². The molecule has 0 aromatic heterocycles. The van der Waals surface area contributed by atoms with E-state index in [0.717, 1.165) is 5.69 Å². The maximum absolute atomic E-state index is 10.3. The molecule has 0 fully saturated rings. The molecule has 1 aromatic carbocycles. The molecule has 1 rings (SSSR count). The molecule has 12 heavy (non-hydrogen) atoms. The van der Waals surface area contributed by atoms with Crippen molar-refractivity contribution in [1.29, 1.82) is 0 Å². The van der Waals surface area contributed by atoms with Gasteiger partial charge in [-0.05, 0) is 19.1 Å². The first-order valence-corrected chi connectivity index (χ1v) is 3.56. The van der Waals surface area contributed by atoms with Crippen LogP contribution in [0.1, 0.15) is 5.56 Å². The van der Waals surface area contributed by atoms with Crippen molar-refractivity contribution in [3.63, 3.8) is 0 Å². The Balaban J connectivity index is 2.53. The average Bonchev–Trinajstić information content (AvgIpc) is 2.03. The van der Waals surface area contributed by atoms with E-state index in [4.69, 9.17) is 5.73 Å². The van der Waals surface area contributed by atoms with Crippen molar-refractivity contribution >= 4 is 11.7 Å². The van der Waals surface area contributed by atoms with Crippen LogP contribution in [-0.2, 0) is 0 Å². The van der Waals surface area contributed by atoms with Crippen LogP contribution in [0.2, 0.25) is 0 Å². The lowest BCUT2D eigenvalue weighted by molar-refractivity contribution is 0.250. The van der Waals surface area contributed by atoms with Gasteiger partial charge in [0.25, 0.3) is 0 Å². The van der Waals surface area contributed by atoms with Gasteiger partial charge < -0.3 is 5.73 Å². The van der Waals surface area contributed by atoms with Crippen LogP contribution >= 0.6 is 0 Å². The molecule has 0 aliphatic heterocycles. The first kappa shape index (κ1) is 8.39. The number of benzene rings is 1. The Morgan fingerprint density at radius 1 is 1.33 bits per heavy atom. The zero-order valence-electron chi connectivity index (χ0n) is 6.79. The molecule has 4 nitrogen and oxygen atoms in total. The molecule has 4 N–H and O–H groups in total. The maximum Gasteiger partial charge on any atom is 0.330 e. The lowest BCUT2D eigenvalue weighted by atomic mass is 10.2. The summed E-state index contributed by atoms with van der Waals surface area (Å²) in [5.41, 5.74) is 11.7. The third-order valence-corrected chi connectivity index (χ3v) is 1.38. The number of carbonyl (C=O) groups is 1. The van der Waals surface area contributed by atoms with Gasteiger partial charge in [-0.15, -0.1) is 0 Å². The first-order chi connectivity index (χ1) is 5.68. The highest BCUT2D eigenvalue weighted by molar-refractivity contribution is 5.73. The number of nitrogens with two attached hydrogens (primary N) is 1. The highest BCUT2D eigenvalue weighted by Crippen LogP contribution is 2.06. The van der Waals surface area contributed by atoms with Gasteiger partial charge in [-0.25, -0.2) is 4.79 Å². The van der Waals surface area contributed by atoms with Crippen molar-refractivity contribution in [3.8, 4) is 0 Å². The van der Waals surface area contributed by atoms with Gasteiger partial charge in [0.2, 0.25) is 0 Å². The summed E-state index contributed by atoms with van der Waals surface area (Å²) in [6.45, 7) is 1.99. The van der Waals surface area contributed by atoms with E-state index >= 15 is 0 Å². The van der Waals surface area contributed by atoms with Crippen molar-refractivity contribution in [2.75, 3.05) is 5.43 Å². The first-order valence-electron chi connectivity index (χ1n) is 3.56. The number of hydrogen-bond acceptors (Lipinski definition) is 2. The summed E-state index contributed by atoms with van der Waals surface area (Å²) in [5.74, 6) is 0. The molecule has 64 valence electrons. The normalized spacial score (nSPS) is 9.08. The smallest absolute Gasteiger partial charge is 0.330 e. The molecule has 0 spiro atoms. The number of rotatable bonds is 2. The topological polar surface area (TPSA) is 67.2 Å². The van der Waals surface area contributed by atoms with Crippen molar-refractivity contribution < 1.29 is 4.79 Å². The van der Waals surface area contributed by atoms with Gasteiger partial charge in [0.05, 0.1) is 5.69 Å². The number of urea groups is 1. The van der Waals surface area contributed by atoms with Gasteiger partial charge in [-0.3, -0.25) is 10.9 Å². The van der Waals surface area contributed by atoms with Crippen molar-refractivity contribution in [2.24, 2.45) is 5.73 Å².